The number of amides is 4. The fourth-order valence-corrected chi connectivity index (χ4v) is 4.17. The number of carbonyl (C=O) groups is 4. The molecule has 13 heteroatoms. The number of hydrogen-bond acceptors (Lipinski definition) is 8. The Morgan fingerprint density at radius 2 is 1.63 bits per heavy atom. The molecule has 0 bridgehead atoms. The molecule has 38 heavy (non-hydrogen) atoms. The average Bonchev–Trinajstić information content (AvgIpc) is 2.90. The lowest BCUT2D eigenvalue weighted by molar-refractivity contribution is -0.384. The molecular weight excluding hydrogens is 516 g/mol. The van der Waals surface area contributed by atoms with Crippen LogP contribution in [-0.4, -0.2) is 61.8 Å². The van der Waals surface area contributed by atoms with Gasteiger partial charge in [-0.2, -0.15) is 0 Å². The minimum atomic E-state index is -0.802. The topological polar surface area (TPSA) is 177 Å². The van der Waals surface area contributed by atoms with Gasteiger partial charge in [0.1, 0.15) is 0 Å². The zero-order valence-electron chi connectivity index (χ0n) is 20.3. The van der Waals surface area contributed by atoms with Gasteiger partial charge in [0.15, 0.2) is 0 Å². The van der Waals surface area contributed by atoms with Crippen LogP contribution in [0.15, 0.2) is 48.5 Å². The quantitative estimate of drug-likeness (QED) is 0.137. The highest BCUT2D eigenvalue weighted by Gasteiger charge is 2.36. The van der Waals surface area contributed by atoms with Crippen molar-refractivity contribution in [3.05, 3.63) is 80.9 Å². The van der Waals surface area contributed by atoms with Crippen LogP contribution < -0.4 is 26.6 Å². The monoisotopic (exact) mass is 540 g/mol. The lowest BCUT2D eigenvalue weighted by Gasteiger charge is -2.27. The van der Waals surface area contributed by atoms with Crippen LogP contribution in [0.2, 0.25) is 0 Å². The molecule has 0 aromatic heterocycles. The lowest BCUT2D eigenvalue weighted by Crippen LogP contribution is -2.41. The predicted octanol–water partition coefficient (Wildman–Crippen LogP) is 1.61. The molecule has 0 saturated carbocycles. The fraction of sp³-hybridized carbons (Fsp3) is 0.200. The molecule has 12 nitrogen and oxygen atoms in total. The van der Waals surface area contributed by atoms with Crippen LogP contribution >= 0.6 is 12.4 Å². The Labute approximate surface area is 223 Å². The molecule has 1 aliphatic heterocycles. The molecule has 0 radical (unpaired) electrons. The van der Waals surface area contributed by atoms with Crippen molar-refractivity contribution in [2.75, 3.05) is 38.1 Å². The maximum absolute atomic E-state index is 13.6. The van der Waals surface area contributed by atoms with Crippen molar-refractivity contribution in [1.29, 1.82) is 0 Å². The van der Waals surface area contributed by atoms with Gasteiger partial charge in [-0.25, -0.2) is 4.90 Å². The van der Waals surface area contributed by atoms with Crippen molar-refractivity contribution < 1.29 is 24.1 Å². The first-order chi connectivity index (χ1) is 17.8. The second kappa shape index (κ2) is 11.8. The molecule has 0 atom stereocenters. The van der Waals surface area contributed by atoms with Crippen molar-refractivity contribution >= 4 is 58.2 Å². The van der Waals surface area contributed by atoms with E-state index in [0.717, 1.165) is 11.0 Å². The highest BCUT2D eigenvalue weighted by Crippen LogP contribution is 2.36. The van der Waals surface area contributed by atoms with E-state index in [9.17, 15) is 29.3 Å². The van der Waals surface area contributed by atoms with Crippen LogP contribution in [0.5, 0.6) is 0 Å². The van der Waals surface area contributed by atoms with Gasteiger partial charge in [-0.1, -0.05) is 12.1 Å². The number of anilines is 1. The summed E-state index contributed by atoms with van der Waals surface area (Å²) in [4.78, 5) is 64.0. The Morgan fingerprint density at radius 3 is 2.29 bits per heavy atom. The van der Waals surface area contributed by atoms with Crippen molar-refractivity contribution in [2.45, 2.75) is 0 Å². The number of nitrogens with one attached hydrogen (secondary N) is 3. The summed E-state index contributed by atoms with van der Waals surface area (Å²) >= 11 is 0. The van der Waals surface area contributed by atoms with Gasteiger partial charge in [0.05, 0.1) is 16.2 Å². The SMILES string of the molecule is CNC(=O)c1cc(C(=O)NCCNCCN)cc(N2C(=O)c3cccc4cc([N+](=O)[O-])cc(c34)C2=O)c1.Cl. The number of carbonyl (C=O) groups excluding carboxylic acids is 4. The number of non-ortho nitro benzene ring substituents is 1. The van der Waals surface area contributed by atoms with Crippen LogP contribution in [0.25, 0.3) is 10.8 Å². The largest absolute Gasteiger partial charge is 0.355 e. The maximum atomic E-state index is 13.6. The van der Waals surface area contributed by atoms with Crippen LogP contribution in [0, 0.1) is 10.1 Å². The van der Waals surface area contributed by atoms with Gasteiger partial charge >= 0.3 is 0 Å². The number of halogens is 1. The normalized spacial score (nSPS) is 12.2. The first-order valence-corrected chi connectivity index (χ1v) is 11.4. The second-order valence-corrected chi connectivity index (χ2v) is 8.24. The van der Waals surface area contributed by atoms with Crippen LogP contribution in [0.1, 0.15) is 41.4 Å². The average molecular weight is 541 g/mol. The first-order valence-electron chi connectivity index (χ1n) is 11.4. The number of rotatable bonds is 9. The Bertz CT molecular complexity index is 1460. The summed E-state index contributed by atoms with van der Waals surface area (Å²) in [5.41, 5.74) is 5.36. The third-order valence-corrected chi connectivity index (χ3v) is 5.88. The van der Waals surface area contributed by atoms with E-state index in [1.165, 1.54) is 37.4 Å². The van der Waals surface area contributed by atoms with E-state index >= 15 is 0 Å². The molecule has 4 rings (SSSR count). The second-order valence-electron chi connectivity index (χ2n) is 8.24. The number of nitro groups is 1. The first kappa shape index (κ1) is 28.2. The van der Waals surface area contributed by atoms with Crippen molar-refractivity contribution in [1.82, 2.24) is 16.0 Å². The summed E-state index contributed by atoms with van der Waals surface area (Å²) in [6.45, 7) is 1.77. The molecule has 5 N–H and O–H groups in total. The third kappa shape index (κ3) is 5.32. The summed E-state index contributed by atoms with van der Waals surface area (Å²) in [5.74, 6) is -2.53. The molecule has 3 aromatic carbocycles. The van der Waals surface area contributed by atoms with Gasteiger partial charge < -0.3 is 21.7 Å². The predicted molar refractivity (Wildman–Crippen MR) is 143 cm³/mol. The Kier molecular flexibility index (Phi) is 8.73. The van der Waals surface area contributed by atoms with Crippen molar-refractivity contribution in [2.24, 2.45) is 5.73 Å². The molecular formula is C25H25ClN6O6. The van der Waals surface area contributed by atoms with Crippen LogP contribution in [0.3, 0.4) is 0 Å². The molecule has 0 spiro atoms. The van der Waals surface area contributed by atoms with Crippen LogP contribution in [-0.2, 0) is 0 Å². The summed E-state index contributed by atoms with van der Waals surface area (Å²) < 4.78 is 0. The van der Waals surface area contributed by atoms with E-state index in [1.807, 2.05) is 0 Å². The highest BCUT2D eigenvalue weighted by atomic mass is 35.5. The van der Waals surface area contributed by atoms with E-state index in [1.54, 1.807) is 12.1 Å². The number of nitrogens with two attached hydrogens (primary N) is 1. The molecule has 0 saturated heterocycles. The van der Waals surface area contributed by atoms with E-state index in [2.05, 4.69) is 16.0 Å². The van der Waals surface area contributed by atoms with Gasteiger partial charge in [0.25, 0.3) is 29.3 Å². The minimum Gasteiger partial charge on any atom is -0.355 e. The van der Waals surface area contributed by atoms with Gasteiger partial charge in [0, 0.05) is 67.4 Å². The summed E-state index contributed by atoms with van der Waals surface area (Å²) in [5, 5.41) is 20.4. The molecule has 0 aliphatic carbocycles. The maximum Gasteiger partial charge on any atom is 0.270 e. The molecule has 0 fully saturated rings. The Balaban J connectivity index is 0.00000400. The number of hydrogen-bond donors (Lipinski definition) is 4. The Morgan fingerprint density at radius 1 is 0.947 bits per heavy atom. The molecule has 4 amide bonds. The van der Waals surface area contributed by atoms with Gasteiger partial charge in [0.2, 0.25) is 0 Å². The van der Waals surface area contributed by atoms with Gasteiger partial charge in [-0.3, -0.25) is 29.3 Å². The molecule has 3 aromatic rings. The third-order valence-electron chi connectivity index (χ3n) is 5.88. The van der Waals surface area contributed by atoms with E-state index < -0.39 is 28.6 Å². The van der Waals surface area contributed by atoms with Crippen molar-refractivity contribution in [3.8, 4) is 0 Å². The molecule has 1 heterocycles. The summed E-state index contributed by atoms with van der Waals surface area (Å²) in [6.07, 6.45) is 0. The van der Waals surface area contributed by atoms with Crippen LogP contribution in [0.4, 0.5) is 11.4 Å². The highest BCUT2D eigenvalue weighted by molar-refractivity contribution is 6.36. The number of imide groups is 1. The minimum absolute atomic E-state index is 0. The standard InChI is InChI=1S/C25H24N6O6.ClH/c1-27-22(32)15-9-16(23(33)29-8-7-28-6-5-26)12-17(11-15)30-24(34)19-4-2-3-14-10-18(31(36)37)13-20(21(14)19)25(30)35;/h2-4,9-13,28H,5-8,26H2,1H3,(H,27,32)(H,29,33);1H. The zero-order valence-corrected chi connectivity index (χ0v) is 21.1. The van der Waals surface area contributed by atoms with E-state index in [0.29, 0.717) is 30.4 Å². The van der Waals surface area contributed by atoms with Gasteiger partial charge in [-0.05, 0) is 29.7 Å². The fourth-order valence-electron chi connectivity index (χ4n) is 4.17. The summed E-state index contributed by atoms with van der Waals surface area (Å²) in [7, 11) is 1.41. The molecule has 0 unspecified atom stereocenters. The lowest BCUT2D eigenvalue weighted by atomic mass is 9.92. The zero-order chi connectivity index (χ0) is 26.7. The number of nitrogens with zero attached hydrogens (tertiary/aromatic N) is 2. The Hall–Kier alpha value is -4.39. The van der Waals surface area contributed by atoms with Crippen molar-refractivity contribution in [3.63, 3.8) is 0 Å². The summed E-state index contributed by atoms with van der Waals surface area (Å²) in [6, 6.07) is 11.1. The van der Waals surface area contributed by atoms with Gasteiger partial charge in [-0.15, -0.1) is 12.4 Å². The number of nitro benzene ring substituents is 1. The molecule has 1 aliphatic rings. The smallest absolute Gasteiger partial charge is 0.270 e. The number of benzene rings is 3. The molecule has 198 valence electrons. The van der Waals surface area contributed by atoms with E-state index in [4.69, 9.17) is 5.73 Å². The van der Waals surface area contributed by atoms with E-state index in [-0.39, 0.29) is 52.6 Å².